The molecule has 0 saturated heterocycles. The van der Waals surface area contributed by atoms with Gasteiger partial charge in [0.25, 0.3) is 5.91 Å². The Hall–Kier alpha value is -3.31. The van der Waals surface area contributed by atoms with E-state index < -0.39 is 0 Å². The monoisotopic (exact) mass is 404 g/mol. The number of ether oxygens (including phenoxy) is 2. The standard InChI is InChI=1S/C25H28N2O3/c1-18-4-8-20(9-5-18)15-26-16-21-10-13-23(24(14-21)29-3)30-17-25(28)27-22-11-6-19(2)7-12-22/h4-14,26H,15-17H2,1-3H3,(H,27,28). The number of hydrogen-bond acceptors (Lipinski definition) is 4. The van der Waals surface area contributed by atoms with Gasteiger partial charge in [0.2, 0.25) is 0 Å². The zero-order valence-corrected chi connectivity index (χ0v) is 17.7. The maximum atomic E-state index is 12.1. The van der Waals surface area contributed by atoms with Gasteiger partial charge in [-0.1, -0.05) is 53.6 Å². The minimum atomic E-state index is -0.218. The number of amides is 1. The van der Waals surface area contributed by atoms with Gasteiger partial charge >= 0.3 is 0 Å². The smallest absolute Gasteiger partial charge is 0.262 e. The Balaban J connectivity index is 1.51. The largest absolute Gasteiger partial charge is 0.493 e. The lowest BCUT2D eigenvalue weighted by atomic mass is 10.1. The van der Waals surface area contributed by atoms with Gasteiger partial charge in [-0.15, -0.1) is 0 Å². The molecule has 0 unspecified atom stereocenters. The molecule has 3 rings (SSSR count). The maximum absolute atomic E-state index is 12.1. The summed E-state index contributed by atoms with van der Waals surface area (Å²) in [4.78, 5) is 12.1. The highest BCUT2D eigenvalue weighted by molar-refractivity contribution is 5.91. The predicted octanol–water partition coefficient (Wildman–Crippen LogP) is 4.62. The molecule has 0 spiro atoms. The normalized spacial score (nSPS) is 10.5. The Kier molecular flexibility index (Phi) is 7.46. The molecule has 1 amide bonds. The molecule has 156 valence electrons. The number of methoxy groups -OCH3 is 1. The first-order chi connectivity index (χ1) is 14.5. The number of hydrogen-bond donors (Lipinski definition) is 2. The predicted molar refractivity (Wildman–Crippen MR) is 120 cm³/mol. The van der Waals surface area contributed by atoms with Crippen molar-refractivity contribution in [3.63, 3.8) is 0 Å². The van der Waals surface area contributed by atoms with Gasteiger partial charge in [-0.2, -0.15) is 0 Å². The number of benzene rings is 3. The third-order valence-electron chi connectivity index (χ3n) is 4.70. The molecular weight excluding hydrogens is 376 g/mol. The Morgan fingerprint density at radius 2 is 1.40 bits per heavy atom. The zero-order chi connectivity index (χ0) is 21.3. The van der Waals surface area contributed by atoms with E-state index in [1.54, 1.807) is 7.11 Å². The molecule has 0 aliphatic heterocycles. The second kappa shape index (κ2) is 10.5. The molecule has 2 N–H and O–H groups in total. The second-order valence-electron chi connectivity index (χ2n) is 7.28. The summed E-state index contributed by atoms with van der Waals surface area (Å²) in [5, 5.41) is 6.25. The average Bonchev–Trinajstić information content (AvgIpc) is 2.75. The third kappa shape index (κ3) is 6.36. The summed E-state index contributed by atoms with van der Waals surface area (Å²) < 4.78 is 11.1. The molecule has 5 nitrogen and oxygen atoms in total. The number of anilines is 1. The highest BCUT2D eigenvalue weighted by atomic mass is 16.5. The van der Waals surface area contributed by atoms with Crippen LogP contribution in [-0.4, -0.2) is 19.6 Å². The average molecular weight is 405 g/mol. The van der Waals surface area contributed by atoms with E-state index in [4.69, 9.17) is 9.47 Å². The van der Waals surface area contributed by atoms with Crippen LogP contribution in [0.25, 0.3) is 0 Å². The minimum absolute atomic E-state index is 0.0880. The summed E-state index contributed by atoms with van der Waals surface area (Å²) in [5.41, 5.74) is 5.47. The van der Waals surface area contributed by atoms with Crippen LogP contribution in [0.2, 0.25) is 0 Å². The summed E-state index contributed by atoms with van der Waals surface area (Å²) in [7, 11) is 1.60. The molecule has 3 aromatic carbocycles. The molecule has 0 radical (unpaired) electrons. The van der Waals surface area contributed by atoms with Crippen molar-refractivity contribution >= 4 is 11.6 Å². The lowest BCUT2D eigenvalue weighted by molar-refractivity contribution is -0.118. The van der Waals surface area contributed by atoms with Crippen molar-refractivity contribution < 1.29 is 14.3 Å². The number of nitrogens with one attached hydrogen (secondary N) is 2. The fraction of sp³-hybridized carbons (Fsp3) is 0.240. The van der Waals surface area contributed by atoms with Gasteiger partial charge in [0, 0.05) is 18.8 Å². The molecule has 30 heavy (non-hydrogen) atoms. The highest BCUT2D eigenvalue weighted by Gasteiger charge is 2.09. The lowest BCUT2D eigenvalue weighted by Crippen LogP contribution is -2.20. The first kappa shape index (κ1) is 21.4. The Labute approximate surface area is 178 Å². The molecule has 0 aliphatic carbocycles. The van der Waals surface area contributed by atoms with Gasteiger partial charge in [0.15, 0.2) is 18.1 Å². The van der Waals surface area contributed by atoms with Crippen LogP contribution in [0.4, 0.5) is 5.69 Å². The lowest BCUT2D eigenvalue weighted by Gasteiger charge is -2.13. The highest BCUT2D eigenvalue weighted by Crippen LogP contribution is 2.28. The fourth-order valence-corrected chi connectivity index (χ4v) is 2.98. The van der Waals surface area contributed by atoms with Gasteiger partial charge in [0.05, 0.1) is 7.11 Å². The first-order valence-corrected chi connectivity index (χ1v) is 9.96. The van der Waals surface area contributed by atoms with Crippen molar-refractivity contribution in [2.75, 3.05) is 19.0 Å². The Morgan fingerprint density at radius 1 is 0.800 bits per heavy atom. The molecule has 3 aromatic rings. The van der Waals surface area contributed by atoms with Gasteiger partial charge in [0.1, 0.15) is 0 Å². The molecule has 0 bridgehead atoms. The molecule has 0 heterocycles. The van der Waals surface area contributed by atoms with Crippen molar-refractivity contribution in [2.24, 2.45) is 0 Å². The molecule has 0 fully saturated rings. The van der Waals surface area contributed by atoms with Crippen molar-refractivity contribution in [1.29, 1.82) is 0 Å². The van der Waals surface area contributed by atoms with E-state index in [1.165, 1.54) is 11.1 Å². The molecule has 0 aromatic heterocycles. The fourth-order valence-electron chi connectivity index (χ4n) is 2.98. The van der Waals surface area contributed by atoms with Gasteiger partial charge < -0.3 is 20.1 Å². The topological polar surface area (TPSA) is 59.6 Å². The van der Waals surface area contributed by atoms with Crippen LogP contribution in [-0.2, 0) is 17.9 Å². The van der Waals surface area contributed by atoms with Crippen LogP contribution in [0, 0.1) is 13.8 Å². The summed E-state index contributed by atoms with van der Waals surface area (Å²) >= 11 is 0. The minimum Gasteiger partial charge on any atom is -0.493 e. The third-order valence-corrected chi connectivity index (χ3v) is 4.70. The van der Waals surface area contributed by atoms with E-state index in [2.05, 4.69) is 41.8 Å². The van der Waals surface area contributed by atoms with Gasteiger partial charge in [-0.25, -0.2) is 0 Å². The van der Waals surface area contributed by atoms with Crippen LogP contribution in [0.3, 0.4) is 0 Å². The SMILES string of the molecule is COc1cc(CNCc2ccc(C)cc2)ccc1OCC(=O)Nc1ccc(C)cc1. The number of aryl methyl sites for hydroxylation is 2. The summed E-state index contributed by atoms with van der Waals surface area (Å²) in [5.74, 6) is 0.927. The quantitative estimate of drug-likeness (QED) is 0.546. The zero-order valence-electron chi connectivity index (χ0n) is 17.7. The van der Waals surface area contributed by atoms with Crippen LogP contribution >= 0.6 is 0 Å². The van der Waals surface area contributed by atoms with Crippen LogP contribution in [0.5, 0.6) is 11.5 Å². The maximum Gasteiger partial charge on any atom is 0.262 e. The van der Waals surface area contributed by atoms with Crippen molar-refractivity contribution in [3.05, 3.63) is 89.0 Å². The summed E-state index contributed by atoms with van der Waals surface area (Å²) in [6, 6.07) is 21.8. The molecule has 0 aliphatic rings. The molecule has 5 heteroatoms. The number of carbonyl (C=O) groups is 1. The molecule has 0 atom stereocenters. The van der Waals surface area contributed by atoms with E-state index in [0.717, 1.165) is 23.4 Å². The number of rotatable bonds is 9. The van der Waals surface area contributed by atoms with E-state index in [-0.39, 0.29) is 12.5 Å². The van der Waals surface area contributed by atoms with E-state index >= 15 is 0 Å². The van der Waals surface area contributed by atoms with Crippen LogP contribution in [0.15, 0.2) is 66.7 Å². The van der Waals surface area contributed by atoms with Crippen molar-refractivity contribution in [3.8, 4) is 11.5 Å². The van der Waals surface area contributed by atoms with Crippen molar-refractivity contribution in [2.45, 2.75) is 26.9 Å². The Morgan fingerprint density at radius 3 is 2.07 bits per heavy atom. The van der Waals surface area contributed by atoms with E-state index in [0.29, 0.717) is 18.0 Å². The second-order valence-corrected chi connectivity index (χ2v) is 7.28. The molecular formula is C25H28N2O3. The van der Waals surface area contributed by atoms with Crippen LogP contribution < -0.4 is 20.1 Å². The van der Waals surface area contributed by atoms with E-state index in [9.17, 15) is 4.79 Å². The van der Waals surface area contributed by atoms with Gasteiger partial charge in [-0.05, 0) is 49.2 Å². The summed E-state index contributed by atoms with van der Waals surface area (Å²) in [6.45, 7) is 5.50. The van der Waals surface area contributed by atoms with E-state index in [1.807, 2.05) is 49.4 Å². The Bertz CT molecular complexity index is 967. The summed E-state index contributed by atoms with van der Waals surface area (Å²) in [6.07, 6.45) is 0. The first-order valence-electron chi connectivity index (χ1n) is 9.96. The number of carbonyl (C=O) groups excluding carboxylic acids is 1. The van der Waals surface area contributed by atoms with Crippen LogP contribution in [0.1, 0.15) is 22.3 Å². The van der Waals surface area contributed by atoms with Crippen molar-refractivity contribution in [1.82, 2.24) is 5.32 Å². The van der Waals surface area contributed by atoms with Gasteiger partial charge in [-0.3, -0.25) is 4.79 Å². The molecule has 0 saturated carbocycles.